The summed E-state index contributed by atoms with van der Waals surface area (Å²) in [6, 6.07) is 9.54. The largest absolute Gasteiger partial charge is 0.451 e. The van der Waals surface area contributed by atoms with Crippen molar-refractivity contribution >= 4 is 17.7 Å². The van der Waals surface area contributed by atoms with Crippen LogP contribution < -0.4 is 5.43 Å². The first-order valence-electron chi connectivity index (χ1n) is 7.44. The van der Waals surface area contributed by atoms with Crippen molar-refractivity contribution in [3.8, 4) is 11.3 Å². The van der Waals surface area contributed by atoms with Gasteiger partial charge in [-0.25, -0.2) is 4.68 Å². The van der Waals surface area contributed by atoms with Crippen molar-refractivity contribution in [3.05, 3.63) is 53.0 Å². The van der Waals surface area contributed by atoms with E-state index in [2.05, 4.69) is 22.5 Å². The zero-order valence-corrected chi connectivity index (χ0v) is 14.8. The lowest BCUT2D eigenvalue weighted by molar-refractivity contribution is 0.0980. The van der Waals surface area contributed by atoms with Crippen molar-refractivity contribution in [2.45, 2.75) is 25.9 Å². The zero-order chi connectivity index (χ0) is 17.3. The van der Waals surface area contributed by atoms with Crippen molar-refractivity contribution in [2.24, 2.45) is 0 Å². The summed E-state index contributed by atoms with van der Waals surface area (Å²) in [7, 11) is 0. The molecule has 0 spiro atoms. The van der Waals surface area contributed by atoms with E-state index in [1.165, 1.54) is 22.9 Å². The highest BCUT2D eigenvalue weighted by Gasteiger charge is 2.16. The molecular formula is C17H18N4O2S. The first-order valence-corrected chi connectivity index (χ1v) is 8.67. The van der Waals surface area contributed by atoms with Gasteiger partial charge in [0.1, 0.15) is 11.6 Å². The number of nitrogens with one attached hydrogen (secondary N) is 1. The minimum Gasteiger partial charge on any atom is -0.451 e. The Kier molecular flexibility index (Phi) is 4.44. The SMILES string of the molecule is CSc1nnc(C)n1NC(=O)c1ccc(-c2ccc(C)c(C)c2)o1. The summed E-state index contributed by atoms with van der Waals surface area (Å²) in [6.45, 7) is 5.88. The molecule has 2 heterocycles. The van der Waals surface area contributed by atoms with E-state index in [-0.39, 0.29) is 11.7 Å². The Bertz CT molecular complexity index is 898. The fraction of sp³-hybridized carbons (Fsp3) is 0.235. The Balaban J connectivity index is 1.83. The van der Waals surface area contributed by atoms with Gasteiger partial charge in [0.2, 0.25) is 5.16 Å². The number of carbonyl (C=O) groups is 1. The van der Waals surface area contributed by atoms with Gasteiger partial charge in [-0.3, -0.25) is 10.2 Å². The predicted molar refractivity (Wildman–Crippen MR) is 93.8 cm³/mol. The molecule has 124 valence electrons. The van der Waals surface area contributed by atoms with Gasteiger partial charge in [-0.2, -0.15) is 0 Å². The van der Waals surface area contributed by atoms with Gasteiger partial charge < -0.3 is 4.42 Å². The number of furan rings is 1. The van der Waals surface area contributed by atoms with Crippen LogP contribution >= 0.6 is 11.8 Å². The lowest BCUT2D eigenvalue weighted by atomic mass is 10.1. The Labute approximate surface area is 144 Å². The van der Waals surface area contributed by atoms with E-state index in [0.717, 1.165) is 5.56 Å². The molecule has 0 unspecified atom stereocenters. The maximum absolute atomic E-state index is 12.4. The summed E-state index contributed by atoms with van der Waals surface area (Å²) in [5.74, 6) is 1.16. The molecule has 1 N–H and O–H groups in total. The summed E-state index contributed by atoms with van der Waals surface area (Å²) in [5, 5.41) is 8.55. The molecule has 0 aliphatic heterocycles. The Morgan fingerprint density at radius 3 is 2.62 bits per heavy atom. The lowest BCUT2D eigenvalue weighted by Gasteiger charge is -2.07. The number of nitrogens with zero attached hydrogens (tertiary/aromatic N) is 3. The Morgan fingerprint density at radius 2 is 1.92 bits per heavy atom. The standard InChI is InChI=1S/C17H18N4O2S/c1-10-5-6-13(9-11(10)2)14-7-8-15(23-14)16(22)20-21-12(3)18-19-17(21)24-4/h5-9H,1-4H3,(H,20,22). The number of carbonyl (C=O) groups excluding carboxylic acids is 1. The third kappa shape index (κ3) is 3.07. The van der Waals surface area contributed by atoms with Crippen LogP contribution in [0.4, 0.5) is 0 Å². The van der Waals surface area contributed by atoms with Gasteiger partial charge in [0.15, 0.2) is 5.76 Å². The number of hydrogen-bond acceptors (Lipinski definition) is 5. The van der Waals surface area contributed by atoms with Gasteiger partial charge in [-0.1, -0.05) is 23.9 Å². The molecule has 24 heavy (non-hydrogen) atoms. The minimum absolute atomic E-state index is 0.239. The first-order chi connectivity index (χ1) is 11.5. The van der Waals surface area contributed by atoms with Crippen molar-refractivity contribution in [1.82, 2.24) is 14.9 Å². The van der Waals surface area contributed by atoms with E-state index >= 15 is 0 Å². The van der Waals surface area contributed by atoms with Crippen LogP contribution in [0.2, 0.25) is 0 Å². The molecule has 0 aliphatic carbocycles. The number of aryl methyl sites for hydroxylation is 3. The van der Waals surface area contributed by atoms with Crippen LogP contribution in [0.25, 0.3) is 11.3 Å². The molecule has 3 aromatic rings. The van der Waals surface area contributed by atoms with Crippen LogP contribution in [0.15, 0.2) is 39.9 Å². The van der Waals surface area contributed by atoms with Crippen molar-refractivity contribution in [3.63, 3.8) is 0 Å². The summed E-state index contributed by atoms with van der Waals surface area (Å²) >= 11 is 1.40. The summed E-state index contributed by atoms with van der Waals surface area (Å²) in [5.41, 5.74) is 6.09. The van der Waals surface area contributed by atoms with Crippen LogP contribution in [0.1, 0.15) is 27.5 Å². The lowest BCUT2D eigenvalue weighted by Crippen LogP contribution is -2.24. The smallest absolute Gasteiger partial charge is 0.305 e. The number of aromatic nitrogens is 3. The summed E-state index contributed by atoms with van der Waals surface area (Å²) in [4.78, 5) is 12.4. The van der Waals surface area contributed by atoms with Crippen LogP contribution in [0, 0.1) is 20.8 Å². The number of hydrogen-bond donors (Lipinski definition) is 1. The maximum atomic E-state index is 12.4. The molecule has 0 saturated heterocycles. The second kappa shape index (κ2) is 6.52. The van der Waals surface area contributed by atoms with E-state index in [1.54, 1.807) is 23.7 Å². The van der Waals surface area contributed by atoms with Crippen LogP contribution in [-0.2, 0) is 0 Å². The zero-order valence-electron chi connectivity index (χ0n) is 14.0. The normalized spacial score (nSPS) is 10.8. The second-order valence-electron chi connectivity index (χ2n) is 5.47. The molecule has 6 nitrogen and oxygen atoms in total. The van der Waals surface area contributed by atoms with Crippen LogP contribution in [0.5, 0.6) is 0 Å². The molecule has 0 aliphatic rings. The Morgan fingerprint density at radius 1 is 1.12 bits per heavy atom. The number of benzene rings is 1. The average molecular weight is 342 g/mol. The van der Waals surface area contributed by atoms with Gasteiger partial charge in [-0.05, 0) is 56.4 Å². The fourth-order valence-electron chi connectivity index (χ4n) is 2.27. The molecule has 3 rings (SSSR count). The highest BCUT2D eigenvalue weighted by atomic mass is 32.2. The molecule has 0 bridgehead atoms. The van der Waals surface area contributed by atoms with Gasteiger partial charge in [0, 0.05) is 5.56 Å². The topological polar surface area (TPSA) is 73.0 Å². The first kappa shape index (κ1) is 16.3. The third-order valence-electron chi connectivity index (χ3n) is 3.81. The Hall–Kier alpha value is -2.54. The summed E-state index contributed by atoms with van der Waals surface area (Å²) < 4.78 is 7.26. The molecule has 1 amide bonds. The monoisotopic (exact) mass is 342 g/mol. The van der Waals surface area contributed by atoms with E-state index in [9.17, 15) is 4.79 Å². The molecule has 0 atom stereocenters. The molecule has 7 heteroatoms. The molecule has 0 saturated carbocycles. The molecular weight excluding hydrogens is 324 g/mol. The van der Waals surface area contributed by atoms with E-state index in [0.29, 0.717) is 16.7 Å². The highest BCUT2D eigenvalue weighted by Crippen LogP contribution is 2.24. The van der Waals surface area contributed by atoms with Crippen molar-refractivity contribution < 1.29 is 9.21 Å². The van der Waals surface area contributed by atoms with Crippen LogP contribution in [0.3, 0.4) is 0 Å². The number of amides is 1. The summed E-state index contributed by atoms with van der Waals surface area (Å²) in [6.07, 6.45) is 1.87. The average Bonchev–Trinajstić information content (AvgIpc) is 3.18. The quantitative estimate of drug-likeness (QED) is 0.734. The fourth-order valence-corrected chi connectivity index (χ4v) is 2.75. The van der Waals surface area contributed by atoms with E-state index < -0.39 is 0 Å². The molecule has 0 fully saturated rings. The number of thioether (sulfide) groups is 1. The van der Waals surface area contributed by atoms with Crippen molar-refractivity contribution in [2.75, 3.05) is 11.7 Å². The number of rotatable bonds is 4. The van der Waals surface area contributed by atoms with Crippen LogP contribution in [-0.4, -0.2) is 27.0 Å². The van der Waals surface area contributed by atoms with Gasteiger partial charge in [0.25, 0.3) is 0 Å². The van der Waals surface area contributed by atoms with E-state index in [4.69, 9.17) is 4.42 Å². The van der Waals surface area contributed by atoms with Gasteiger partial charge in [-0.15, -0.1) is 10.2 Å². The maximum Gasteiger partial charge on any atom is 0.305 e. The minimum atomic E-state index is -0.344. The molecule has 0 radical (unpaired) electrons. The predicted octanol–water partition coefficient (Wildman–Crippen LogP) is 3.57. The third-order valence-corrected chi connectivity index (χ3v) is 4.44. The van der Waals surface area contributed by atoms with E-state index in [1.807, 2.05) is 31.4 Å². The van der Waals surface area contributed by atoms with Gasteiger partial charge in [0.05, 0.1) is 0 Å². The molecule has 1 aromatic carbocycles. The van der Waals surface area contributed by atoms with Crippen molar-refractivity contribution in [1.29, 1.82) is 0 Å². The second-order valence-corrected chi connectivity index (χ2v) is 6.25. The molecule has 2 aromatic heterocycles. The van der Waals surface area contributed by atoms with Gasteiger partial charge >= 0.3 is 5.91 Å². The highest BCUT2D eigenvalue weighted by molar-refractivity contribution is 7.98.